The summed E-state index contributed by atoms with van der Waals surface area (Å²) in [5, 5.41) is 18.4. The Morgan fingerprint density at radius 2 is 1.94 bits per heavy atom. The first-order valence-electron chi connectivity index (χ1n) is 4.76. The molecule has 92 valence electrons. The molecule has 17 heavy (non-hydrogen) atoms. The highest BCUT2D eigenvalue weighted by Crippen LogP contribution is 2.04. The molecule has 8 heteroatoms. The van der Waals surface area contributed by atoms with E-state index in [0.717, 1.165) is 11.8 Å². The maximum atomic E-state index is 11.4. The molecule has 1 rings (SSSR count). The lowest BCUT2D eigenvalue weighted by Gasteiger charge is -2.03. The molecule has 1 heterocycles. The normalized spacial score (nSPS) is 10.0. The average Bonchev–Trinajstić information content (AvgIpc) is 2.23. The third-order valence-corrected chi connectivity index (χ3v) is 2.72. The van der Waals surface area contributed by atoms with E-state index in [9.17, 15) is 9.59 Å². The summed E-state index contributed by atoms with van der Waals surface area (Å²) in [4.78, 5) is 25.6. The van der Waals surface area contributed by atoms with Crippen LogP contribution in [0.1, 0.15) is 11.4 Å². The van der Waals surface area contributed by atoms with Gasteiger partial charge in [-0.05, 0) is 13.8 Å². The van der Waals surface area contributed by atoms with Crippen LogP contribution in [-0.2, 0) is 9.59 Å². The molecule has 0 radical (unpaired) electrons. The fourth-order valence-corrected chi connectivity index (χ4v) is 1.44. The monoisotopic (exact) mass is 256 g/mol. The number of nitrogens with zero attached hydrogens (tertiary/aromatic N) is 3. The zero-order valence-corrected chi connectivity index (χ0v) is 10.2. The van der Waals surface area contributed by atoms with Crippen molar-refractivity contribution in [3.05, 3.63) is 11.4 Å². The lowest BCUT2D eigenvalue weighted by Crippen LogP contribution is -2.18. The van der Waals surface area contributed by atoms with Gasteiger partial charge in [0.1, 0.15) is 0 Å². The van der Waals surface area contributed by atoms with E-state index in [1.807, 2.05) is 0 Å². The number of rotatable bonds is 5. The zero-order chi connectivity index (χ0) is 12.8. The number of anilines is 1. The van der Waals surface area contributed by atoms with E-state index in [0.29, 0.717) is 11.4 Å². The minimum atomic E-state index is -0.952. The topological polar surface area (TPSA) is 105 Å². The van der Waals surface area contributed by atoms with Crippen molar-refractivity contribution in [2.45, 2.75) is 13.8 Å². The van der Waals surface area contributed by atoms with Crippen LogP contribution in [0.15, 0.2) is 0 Å². The predicted octanol–water partition coefficient (Wildman–Crippen LogP) is 0.245. The standard InChI is InChI=1S/C9H12N4O3S/c1-5-6(2)12-13-9(10-5)11-7(14)3-17-4-8(15)16/h3-4H2,1-2H3,(H,15,16)(H,10,11,13,14). The van der Waals surface area contributed by atoms with E-state index in [1.165, 1.54) is 0 Å². The number of carbonyl (C=O) groups excluding carboxylic acids is 1. The van der Waals surface area contributed by atoms with Gasteiger partial charge in [0, 0.05) is 0 Å². The van der Waals surface area contributed by atoms with Crippen LogP contribution in [0.4, 0.5) is 5.95 Å². The Balaban J connectivity index is 2.45. The number of carboxylic acid groups (broad SMARTS) is 1. The van der Waals surface area contributed by atoms with Gasteiger partial charge in [-0.25, -0.2) is 4.98 Å². The number of hydrogen-bond donors (Lipinski definition) is 2. The lowest BCUT2D eigenvalue weighted by atomic mass is 10.4. The van der Waals surface area contributed by atoms with E-state index >= 15 is 0 Å². The Morgan fingerprint density at radius 1 is 1.24 bits per heavy atom. The molecule has 0 aliphatic rings. The smallest absolute Gasteiger partial charge is 0.313 e. The molecule has 2 N–H and O–H groups in total. The average molecular weight is 256 g/mol. The minimum absolute atomic E-state index is 0.0442. The van der Waals surface area contributed by atoms with Crippen LogP contribution in [0, 0.1) is 13.8 Å². The van der Waals surface area contributed by atoms with Crippen LogP contribution in [0.2, 0.25) is 0 Å². The number of hydrogen-bond acceptors (Lipinski definition) is 6. The Bertz CT molecular complexity index is 438. The third kappa shape index (κ3) is 4.77. The summed E-state index contributed by atoms with van der Waals surface area (Å²) >= 11 is 1.01. The number of nitrogens with one attached hydrogen (secondary N) is 1. The van der Waals surface area contributed by atoms with Crippen LogP contribution >= 0.6 is 11.8 Å². The van der Waals surface area contributed by atoms with E-state index in [-0.39, 0.29) is 23.4 Å². The van der Waals surface area contributed by atoms with Gasteiger partial charge in [-0.3, -0.25) is 14.9 Å². The number of aromatic nitrogens is 3. The predicted molar refractivity (Wildman–Crippen MR) is 62.9 cm³/mol. The molecule has 0 bridgehead atoms. The van der Waals surface area contributed by atoms with Crippen LogP contribution in [-0.4, -0.2) is 43.7 Å². The number of amides is 1. The van der Waals surface area contributed by atoms with Gasteiger partial charge in [-0.15, -0.1) is 16.9 Å². The van der Waals surface area contributed by atoms with Crippen LogP contribution in [0.25, 0.3) is 0 Å². The molecule has 1 aromatic rings. The molecular formula is C9H12N4O3S. The maximum Gasteiger partial charge on any atom is 0.313 e. The summed E-state index contributed by atoms with van der Waals surface area (Å²) in [6, 6.07) is 0. The van der Waals surface area contributed by atoms with Gasteiger partial charge in [-0.1, -0.05) is 0 Å². The molecule has 0 atom stereocenters. The van der Waals surface area contributed by atoms with Gasteiger partial charge in [-0.2, -0.15) is 5.10 Å². The van der Waals surface area contributed by atoms with Gasteiger partial charge in [0.2, 0.25) is 11.9 Å². The van der Waals surface area contributed by atoms with Crippen molar-refractivity contribution >= 4 is 29.6 Å². The summed E-state index contributed by atoms with van der Waals surface area (Å²) in [6.07, 6.45) is 0. The highest BCUT2D eigenvalue weighted by atomic mass is 32.2. The van der Waals surface area contributed by atoms with Crippen LogP contribution in [0.5, 0.6) is 0 Å². The fraction of sp³-hybridized carbons (Fsp3) is 0.444. The van der Waals surface area contributed by atoms with Gasteiger partial charge in [0.25, 0.3) is 0 Å². The van der Waals surface area contributed by atoms with Crippen molar-refractivity contribution < 1.29 is 14.7 Å². The van der Waals surface area contributed by atoms with Crippen molar-refractivity contribution in [2.24, 2.45) is 0 Å². The van der Waals surface area contributed by atoms with Gasteiger partial charge in [0.15, 0.2) is 0 Å². The molecule has 1 amide bonds. The SMILES string of the molecule is Cc1nnc(NC(=O)CSCC(=O)O)nc1C. The highest BCUT2D eigenvalue weighted by Gasteiger charge is 2.07. The Kier molecular flexibility index (Phi) is 4.83. The first-order valence-corrected chi connectivity index (χ1v) is 5.92. The second-order valence-electron chi connectivity index (χ2n) is 3.24. The largest absolute Gasteiger partial charge is 0.481 e. The Labute approximate surface area is 102 Å². The first-order chi connectivity index (χ1) is 7.99. The Hall–Kier alpha value is -1.70. The third-order valence-electron chi connectivity index (χ3n) is 1.80. The second-order valence-corrected chi connectivity index (χ2v) is 4.23. The van der Waals surface area contributed by atoms with Gasteiger partial charge >= 0.3 is 5.97 Å². The van der Waals surface area contributed by atoms with E-state index in [2.05, 4.69) is 20.5 Å². The molecule has 0 aromatic carbocycles. The van der Waals surface area contributed by atoms with E-state index < -0.39 is 5.97 Å². The van der Waals surface area contributed by atoms with Gasteiger partial charge < -0.3 is 5.11 Å². The molecule has 0 fully saturated rings. The van der Waals surface area contributed by atoms with Crippen molar-refractivity contribution in [3.8, 4) is 0 Å². The Morgan fingerprint density at radius 3 is 2.53 bits per heavy atom. The maximum absolute atomic E-state index is 11.4. The summed E-state index contributed by atoms with van der Waals surface area (Å²) in [5.74, 6) is -1.23. The molecule has 0 saturated heterocycles. The van der Waals surface area contributed by atoms with Crippen molar-refractivity contribution in [1.29, 1.82) is 0 Å². The molecule has 0 unspecified atom stereocenters. The molecule has 1 aromatic heterocycles. The lowest BCUT2D eigenvalue weighted by molar-refractivity contribution is -0.133. The summed E-state index contributed by atoms with van der Waals surface area (Å²) in [7, 11) is 0. The minimum Gasteiger partial charge on any atom is -0.481 e. The van der Waals surface area contributed by atoms with Crippen LogP contribution < -0.4 is 5.32 Å². The number of carbonyl (C=O) groups is 2. The fourth-order valence-electron chi connectivity index (χ4n) is 0.902. The van der Waals surface area contributed by atoms with Crippen molar-refractivity contribution in [2.75, 3.05) is 16.8 Å². The molecule has 0 aliphatic heterocycles. The quantitative estimate of drug-likeness (QED) is 0.777. The molecular weight excluding hydrogens is 244 g/mol. The number of aryl methyl sites for hydroxylation is 2. The summed E-state index contributed by atoms with van der Waals surface area (Å²) in [5.41, 5.74) is 1.39. The van der Waals surface area contributed by atoms with E-state index in [1.54, 1.807) is 13.8 Å². The van der Waals surface area contributed by atoms with Crippen molar-refractivity contribution in [3.63, 3.8) is 0 Å². The first kappa shape index (κ1) is 13.4. The summed E-state index contributed by atoms with van der Waals surface area (Å²) < 4.78 is 0. The zero-order valence-electron chi connectivity index (χ0n) is 9.43. The number of carboxylic acids is 1. The number of aliphatic carboxylic acids is 1. The summed E-state index contributed by atoms with van der Waals surface area (Å²) in [6.45, 7) is 3.53. The molecule has 0 aliphatic carbocycles. The van der Waals surface area contributed by atoms with E-state index in [4.69, 9.17) is 5.11 Å². The second kappa shape index (κ2) is 6.14. The van der Waals surface area contributed by atoms with Crippen LogP contribution in [0.3, 0.4) is 0 Å². The molecule has 7 nitrogen and oxygen atoms in total. The van der Waals surface area contributed by atoms with Gasteiger partial charge in [0.05, 0.1) is 22.9 Å². The molecule has 0 spiro atoms. The highest BCUT2D eigenvalue weighted by molar-refractivity contribution is 8.00. The number of thioether (sulfide) groups is 1. The van der Waals surface area contributed by atoms with Crippen molar-refractivity contribution in [1.82, 2.24) is 15.2 Å². The molecule has 0 saturated carbocycles.